The van der Waals surface area contributed by atoms with E-state index in [-0.39, 0.29) is 5.75 Å². The fourth-order valence-corrected chi connectivity index (χ4v) is 3.61. The molecule has 0 saturated carbocycles. The van der Waals surface area contributed by atoms with Gasteiger partial charge in [-0.1, -0.05) is 34.8 Å². The smallest absolute Gasteiger partial charge is 0.300 e. The maximum absolute atomic E-state index is 8.99. The Bertz CT molecular complexity index is 1040. The minimum absolute atomic E-state index is 0.258. The lowest BCUT2D eigenvalue weighted by atomic mass is 10.2. The topological polar surface area (TPSA) is 85.0 Å². The molecule has 3 rings (SSSR count). The van der Waals surface area contributed by atoms with Crippen LogP contribution in [0.1, 0.15) is 5.56 Å². The van der Waals surface area contributed by atoms with Crippen molar-refractivity contribution in [3.63, 3.8) is 0 Å². The molecule has 0 fully saturated rings. The number of thioether (sulfide) groups is 1. The summed E-state index contributed by atoms with van der Waals surface area (Å²) in [7, 11) is 3.14. The van der Waals surface area contributed by atoms with Crippen molar-refractivity contribution in [2.45, 2.75) is 11.7 Å². The monoisotopic (exact) mass is 401 g/mol. The Morgan fingerprint density at radius 3 is 2.59 bits per heavy atom. The van der Waals surface area contributed by atoms with Gasteiger partial charge in [0.2, 0.25) is 5.82 Å². The van der Waals surface area contributed by atoms with Crippen molar-refractivity contribution in [2.75, 3.05) is 25.7 Å². The van der Waals surface area contributed by atoms with Crippen LogP contribution in [0, 0.1) is 11.3 Å². The molecule has 0 bridgehead atoms. The highest BCUT2D eigenvalue weighted by Crippen LogP contribution is 2.34. The van der Waals surface area contributed by atoms with Gasteiger partial charge in [-0.25, -0.2) is 4.57 Å². The second kappa shape index (κ2) is 8.33. The van der Waals surface area contributed by atoms with Gasteiger partial charge in [0, 0.05) is 22.7 Å². The minimum Gasteiger partial charge on any atom is -0.493 e. The zero-order chi connectivity index (χ0) is 19.4. The maximum Gasteiger partial charge on any atom is 0.300 e. The number of rotatable bonds is 6. The van der Waals surface area contributed by atoms with Gasteiger partial charge in [0.25, 0.3) is 0 Å². The molecule has 0 aliphatic heterocycles. The number of fused-ring (bicyclic) bond motifs is 1. The molecule has 1 aromatic heterocycles. The number of nitrogens with two attached hydrogens (primary N) is 1. The van der Waals surface area contributed by atoms with E-state index in [1.54, 1.807) is 26.4 Å². The summed E-state index contributed by atoms with van der Waals surface area (Å²) < 4.78 is 12.6. The molecule has 6 nitrogen and oxygen atoms in total. The molecule has 8 heteroatoms. The van der Waals surface area contributed by atoms with Crippen LogP contribution in [-0.4, -0.2) is 25.0 Å². The number of nitrogen functional groups attached to an aromatic ring is 1. The molecular weight excluding hydrogens is 384 g/mol. The first-order valence-electron chi connectivity index (χ1n) is 8.07. The number of benzene rings is 2. The number of hydrogen-bond donors (Lipinski definition) is 1. The Hall–Kier alpha value is -2.69. The van der Waals surface area contributed by atoms with Gasteiger partial charge in [-0.3, -0.25) is 0 Å². The lowest BCUT2D eigenvalue weighted by Crippen LogP contribution is -2.41. The van der Waals surface area contributed by atoms with Crippen LogP contribution in [0.15, 0.2) is 41.6 Å². The van der Waals surface area contributed by atoms with Crippen molar-refractivity contribution in [1.82, 2.24) is 4.98 Å². The van der Waals surface area contributed by atoms with Crippen LogP contribution in [0.2, 0.25) is 5.02 Å². The van der Waals surface area contributed by atoms with Crippen LogP contribution in [0.4, 0.5) is 5.82 Å². The summed E-state index contributed by atoms with van der Waals surface area (Å²) in [5.74, 6) is 1.91. The number of nitrogens with zero attached hydrogens (tertiary/aromatic N) is 3. The van der Waals surface area contributed by atoms with Crippen LogP contribution in [-0.2, 0) is 6.54 Å². The van der Waals surface area contributed by atoms with E-state index in [9.17, 15) is 0 Å². The first kappa shape index (κ1) is 19.1. The number of anilines is 1. The predicted molar refractivity (Wildman–Crippen MR) is 106 cm³/mol. The van der Waals surface area contributed by atoms with Crippen LogP contribution in [0.3, 0.4) is 0 Å². The fraction of sp³-hybridized carbons (Fsp3) is 0.211. The van der Waals surface area contributed by atoms with E-state index in [1.165, 1.54) is 11.8 Å². The van der Waals surface area contributed by atoms with Crippen molar-refractivity contribution >= 4 is 40.1 Å². The van der Waals surface area contributed by atoms with Gasteiger partial charge in [-0.2, -0.15) is 5.26 Å². The highest BCUT2D eigenvalue weighted by atomic mass is 35.5. The number of aromatic nitrogens is 2. The number of methoxy groups -OCH3 is 2. The lowest BCUT2D eigenvalue weighted by Gasteiger charge is -2.13. The van der Waals surface area contributed by atoms with Gasteiger partial charge >= 0.3 is 5.16 Å². The quantitative estimate of drug-likeness (QED) is 0.387. The molecule has 2 aromatic carbocycles. The average molecular weight is 402 g/mol. The van der Waals surface area contributed by atoms with Crippen LogP contribution in [0.25, 0.3) is 10.9 Å². The van der Waals surface area contributed by atoms with Gasteiger partial charge in [0.05, 0.1) is 38.0 Å². The first-order valence-corrected chi connectivity index (χ1v) is 9.43. The van der Waals surface area contributed by atoms with Crippen LogP contribution < -0.4 is 19.8 Å². The van der Waals surface area contributed by atoms with Gasteiger partial charge in [0.15, 0.2) is 17.0 Å². The van der Waals surface area contributed by atoms with Gasteiger partial charge < -0.3 is 15.2 Å². The summed E-state index contributed by atoms with van der Waals surface area (Å²) in [6, 6.07) is 13.3. The highest BCUT2D eigenvalue weighted by molar-refractivity contribution is 7.99. The summed E-state index contributed by atoms with van der Waals surface area (Å²) in [6.45, 7) is 0.441. The number of nitriles is 1. The summed E-state index contributed by atoms with van der Waals surface area (Å²) in [5.41, 5.74) is 8.07. The van der Waals surface area contributed by atoms with E-state index in [1.807, 2.05) is 28.8 Å². The maximum atomic E-state index is 8.99. The van der Waals surface area contributed by atoms with Crippen molar-refractivity contribution in [3.8, 4) is 17.6 Å². The minimum atomic E-state index is 0.258. The van der Waals surface area contributed by atoms with Crippen LogP contribution >= 0.6 is 23.4 Å². The summed E-state index contributed by atoms with van der Waals surface area (Å²) in [6.07, 6.45) is 0. The zero-order valence-corrected chi connectivity index (χ0v) is 16.5. The SMILES string of the molecule is COc1cc2nc(SCC#N)[n+](Cc3ccccc3Cl)c(N)c2cc1OC. The van der Waals surface area contributed by atoms with Crippen LogP contribution in [0.5, 0.6) is 11.5 Å². The Morgan fingerprint density at radius 1 is 1.22 bits per heavy atom. The number of halogens is 1. The molecule has 0 radical (unpaired) electrons. The Labute approximate surface area is 166 Å². The number of ether oxygens (including phenoxy) is 2. The molecule has 3 aromatic rings. The Kier molecular flexibility index (Phi) is 5.89. The molecule has 138 valence electrons. The Balaban J connectivity index is 2.21. The zero-order valence-electron chi connectivity index (χ0n) is 14.9. The largest absolute Gasteiger partial charge is 0.493 e. The van der Waals surface area contributed by atoms with Crippen molar-refractivity contribution < 1.29 is 14.0 Å². The highest BCUT2D eigenvalue weighted by Gasteiger charge is 2.22. The molecule has 0 spiro atoms. The van der Waals surface area contributed by atoms with E-state index >= 15 is 0 Å². The van der Waals surface area contributed by atoms with E-state index < -0.39 is 0 Å². The predicted octanol–water partition coefficient (Wildman–Crippen LogP) is 3.44. The van der Waals surface area contributed by atoms with Gasteiger partial charge in [-0.05, 0) is 17.8 Å². The van der Waals surface area contributed by atoms with E-state index in [4.69, 9.17) is 37.1 Å². The summed E-state index contributed by atoms with van der Waals surface area (Å²) in [4.78, 5) is 4.70. The fourth-order valence-electron chi connectivity index (χ4n) is 2.73. The molecule has 2 N–H and O–H groups in total. The third-order valence-corrected chi connectivity index (χ3v) is 5.28. The lowest BCUT2D eigenvalue weighted by molar-refractivity contribution is -0.713. The normalized spacial score (nSPS) is 10.6. The third kappa shape index (κ3) is 3.87. The van der Waals surface area contributed by atoms with Crippen molar-refractivity contribution in [2.24, 2.45) is 0 Å². The Morgan fingerprint density at radius 2 is 1.93 bits per heavy atom. The standard InChI is InChI=1S/C19H17ClN4O2S/c1-25-16-9-13-15(10-17(16)26-2)23-19(27-8-7-21)24(18(13)22)11-12-5-3-4-6-14(12)20/h3-6,9-10,22H,8,11H2,1-2H3/p+1. The van der Waals surface area contributed by atoms with E-state index in [0.717, 1.165) is 10.9 Å². The molecule has 1 heterocycles. The molecular formula is C19H18ClN4O2S+. The molecule has 0 atom stereocenters. The van der Waals surface area contributed by atoms with Gasteiger partial charge in [-0.15, -0.1) is 0 Å². The molecule has 0 aliphatic rings. The molecule has 27 heavy (non-hydrogen) atoms. The average Bonchev–Trinajstić information content (AvgIpc) is 2.69. The molecule has 0 aliphatic carbocycles. The molecule has 0 amide bonds. The van der Waals surface area contributed by atoms with Gasteiger partial charge in [0.1, 0.15) is 0 Å². The molecule has 0 saturated heterocycles. The third-order valence-electron chi connectivity index (χ3n) is 4.07. The summed E-state index contributed by atoms with van der Waals surface area (Å²) in [5, 5.41) is 11.0. The second-order valence-corrected chi connectivity index (χ2v) is 6.98. The van der Waals surface area contributed by atoms with E-state index in [0.29, 0.717) is 39.6 Å². The van der Waals surface area contributed by atoms with E-state index in [2.05, 4.69) is 6.07 Å². The second-order valence-electron chi connectivity index (χ2n) is 5.63. The number of hydrogen-bond acceptors (Lipinski definition) is 6. The van der Waals surface area contributed by atoms with Crippen molar-refractivity contribution in [1.29, 1.82) is 5.26 Å². The first-order chi connectivity index (χ1) is 13.1. The van der Waals surface area contributed by atoms with Crippen molar-refractivity contribution in [3.05, 3.63) is 47.0 Å². The molecule has 0 unspecified atom stereocenters. The summed E-state index contributed by atoms with van der Waals surface area (Å²) >= 11 is 7.64.